The van der Waals surface area contributed by atoms with Gasteiger partial charge >= 0.3 is 0 Å². The van der Waals surface area contributed by atoms with E-state index >= 15 is 0 Å². The van der Waals surface area contributed by atoms with Gasteiger partial charge in [0.1, 0.15) is 0 Å². The van der Waals surface area contributed by atoms with E-state index < -0.39 is 6.29 Å². The minimum atomic E-state index is -0.564. The molecule has 104 valence electrons. The van der Waals surface area contributed by atoms with Crippen molar-refractivity contribution in [3.8, 4) is 12.8 Å². The van der Waals surface area contributed by atoms with E-state index in [1.807, 2.05) is 34.9 Å². The first-order valence-corrected chi connectivity index (χ1v) is 5.87. The second-order valence-electron chi connectivity index (χ2n) is 3.49. The van der Waals surface area contributed by atoms with Crippen molar-refractivity contribution in [3.05, 3.63) is 0 Å². The predicted molar refractivity (Wildman–Crippen MR) is 72.6 cm³/mol. The lowest BCUT2D eigenvalue weighted by molar-refractivity contribution is -0.172. The largest absolute Gasteiger partial charge is 0.400 e. The first kappa shape index (κ1) is 21.7. The van der Waals surface area contributed by atoms with Gasteiger partial charge in [-0.25, -0.2) is 0 Å². The molecule has 17 heavy (non-hydrogen) atoms. The first-order valence-electron chi connectivity index (χ1n) is 5.87. The zero-order valence-electron chi connectivity index (χ0n) is 12.1. The van der Waals surface area contributed by atoms with Gasteiger partial charge in [-0.3, -0.25) is 0 Å². The number of terminal acetylenes is 1. The van der Waals surface area contributed by atoms with E-state index in [2.05, 4.69) is 17.7 Å². The number of rotatable bonds is 1. The third-order valence-corrected chi connectivity index (χ3v) is 2.20. The van der Waals surface area contributed by atoms with Crippen LogP contribution in [-0.4, -0.2) is 54.8 Å². The van der Waals surface area contributed by atoms with Gasteiger partial charge < -0.3 is 19.8 Å². The van der Waals surface area contributed by atoms with Gasteiger partial charge in [0.2, 0.25) is 0 Å². The van der Waals surface area contributed by atoms with Gasteiger partial charge in [-0.05, 0) is 27.4 Å². The Morgan fingerprint density at radius 1 is 1.12 bits per heavy atom. The summed E-state index contributed by atoms with van der Waals surface area (Å²) in [6.45, 7) is 6.00. The average Bonchev–Trinajstić information content (AvgIpc) is 2.35. The normalized spacial score (nSPS) is 26.4. The molecule has 2 N–H and O–H groups in total. The van der Waals surface area contributed by atoms with Crippen molar-refractivity contribution in [2.24, 2.45) is 0 Å². The number of ether oxygens (including phenoxy) is 1. The van der Waals surface area contributed by atoms with Gasteiger partial charge in [0.15, 0.2) is 6.29 Å². The number of hydrogen-bond donors (Lipinski definition) is 2. The first-order chi connectivity index (χ1) is 8.09. The molecule has 3 unspecified atom stereocenters. The van der Waals surface area contributed by atoms with Gasteiger partial charge in [-0.2, -0.15) is 0 Å². The van der Waals surface area contributed by atoms with Crippen molar-refractivity contribution >= 4 is 0 Å². The van der Waals surface area contributed by atoms with Gasteiger partial charge in [0, 0.05) is 19.6 Å². The maximum Gasteiger partial charge on any atom is 0.156 e. The number of aliphatic hydroxyl groups excluding tert-OH is 2. The second-order valence-corrected chi connectivity index (χ2v) is 3.49. The van der Waals surface area contributed by atoms with E-state index in [1.165, 1.54) is 0 Å². The molecule has 1 saturated heterocycles. The van der Waals surface area contributed by atoms with Crippen LogP contribution >= 0.6 is 0 Å². The third kappa shape index (κ3) is 11.7. The summed E-state index contributed by atoms with van der Waals surface area (Å²) < 4.78 is 5.20. The lowest BCUT2D eigenvalue weighted by atomic mass is 10.0. The van der Waals surface area contributed by atoms with E-state index in [0.717, 1.165) is 20.0 Å². The zero-order chi connectivity index (χ0) is 14.4. The number of nitrogens with zero attached hydrogens (tertiary/aromatic N) is 1. The topological polar surface area (TPSA) is 52.9 Å². The summed E-state index contributed by atoms with van der Waals surface area (Å²) >= 11 is 0. The van der Waals surface area contributed by atoms with Crippen LogP contribution in [-0.2, 0) is 4.74 Å². The SMILES string of the molecule is C#C.CC.CC1CC(N(C)C)CC(O)O1.CO. The summed E-state index contributed by atoms with van der Waals surface area (Å²) in [6.07, 6.45) is 9.37. The Balaban J connectivity index is -0.000000285. The van der Waals surface area contributed by atoms with Gasteiger partial charge in [-0.1, -0.05) is 13.8 Å². The fourth-order valence-corrected chi connectivity index (χ4v) is 1.51. The van der Waals surface area contributed by atoms with Crippen LogP contribution in [0.2, 0.25) is 0 Å². The fraction of sp³-hybridized carbons (Fsp3) is 0.846. The van der Waals surface area contributed by atoms with Crippen molar-refractivity contribution in [2.75, 3.05) is 21.2 Å². The molecule has 1 fully saturated rings. The quantitative estimate of drug-likeness (QED) is 0.686. The van der Waals surface area contributed by atoms with Crippen LogP contribution in [0.3, 0.4) is 0 Å². The molecule has 4 nitrogen and oxygen atoms in total. The van der Waals surface area contributed by atoms with Gasteiger partial charge in [0.05, 0.1) is 6.10 Å². The molecule has 1 aliphatic heterocycles. The highest BCUT2D eigenvalue weighted by atomic mass is 16.6. The van der Waals surface area contributed by atoms with Gasteiger partial charge in [0.25, 0.3) is 0 Å². The minimum absolute atomic E-state index is 0.186. The molecule has 0 radical (unpaired) electrons. The molecule has 0 bridgehead atoms. The summed E-state index contributed by atoms with van der Waals surface area (Å²) in [7, 11) is 5.07. The summed E-state index contributed by atoms with van der Waals surface area (Å²) in [5.74, 6) is 0. The summed E-state index contributed by atoms with van der Waals surface area (Å²) in [4.78, 5) is 2.14. The summed E-state index contributed by atoms with van der Waals surface area (Å²) in [6, 6.07) is 0.466. The van der Waals surface area contributed by atoms with Crippen LogP contribution < -0.4 is 0 Å². The predicted octanol–water partition coefficient (Wildman–Crippen LogP) is 1.32. The zero-order valence-corrected chi connectivity index (χ0v) is 12.1. The Labute approximate surface area is 107 Å². The van der Waals surface area contributed by atoms with E-state index in [4.69, 9.17) is 9.84 Å². The molecule has 0 aromatic carbocycles. The van der Waals surface area contributed by atoms with Crippen LogP contribution in [0.1, 0.15) is 33.6 Å². The molecule has 4 heteroatoms. The van der Waals surface area contributed by atoms with Crippen LogP contribution in [0.25, 0.3) is 0 Å². The highest BCUT2D eigenvalue weighted by Gasteiger charge is 2.26. The molecular weight excluding hydrogens is 218 g/mol. The van der Waals surface area contributed by atoms with Crippen LogP contribution in [0.5, 0.6) is 0 Å². The van der Waals surface area contributed by atoms with Gasteiger partial charge in [-0.15, -0.1) is 12.8 Å². The standard InChI is InChI=1S/C8H17NO2.C2H6.C2H2.CH4O/c1-6-4-7(9(2)3)5-8(10)11-6;3*1-2/h6-8,10H,4-5H2,1-3H3;1-2H3;1-2H;2H,1H3. The van der Waals surface area contributed by atoms with E-state index in [0.29, 0.717) is 6.04 Å². The van der Waals surface area contributed by atoms with E-state index in [9.17, 15) is 5.11 Å². The molecule has 1 rings (SSSR count). The highest BCUT2D eigenvalue weighted by molar-refractivity contribution is 4.75. The summed E-state index contributed by atoms with van der Waals surface area (Å²) in [5.41, 5.74) is 0. The number of hydrogen-bond acceptors (Lipinski definition) is 4. The Morgan fingerprint density at radius 3 is 1.82 bits per heavy atom. The van der Waals surface area contributed by atoms with Crippen LogP contribution in [0.15, 0.2) is 0 Å². The molecule has 0 amide bonds. The molecule has 0 saturated carbocycles. The Hall–Kier alpha value is -0.600. The van der Waals surface area contributed by atoms with Crippen LogP contribution in [0, 0.1) is 12.8 Å². The Kier molecular flexibility index (Phi) is 19.6. The minimum Gasteiger partial charge on any atom is -0.400 e. The highest BCUT2D eigenvalue weighted by Crippen LogP contribution is 2.20. The van der Waals surface area contributed by atoms with Crippen molar-refractivity contribution in [1.82, 2.24) is 4.90 Å². The molecular formula is C13H29NO3. The molecule has 0 aromatic heterocycles. The third-order valence-electron chi connectivity index (χ3n) is 2.20. The monoisotopic (exact) mass is 247 g/mol. The van der Waals surface area contributed by atoms with E-state index in [-0.39, 0.29) is 6.10 Å². The average molecular weight is 247 g/mol. The maximum atomic E-state index is 9.25. The molecule has 0 spiro atoms. The maximum absolute atomic E-state index is 9.25. The van der Waals surface area contributed by atoms with Crippen molar-refractivity contribution < 1.29 is 14.9 Å². The fourth-order valence-electron chi connectivity index (χ4n) is 1.51. The second kappa shape index (κ2) is 15.4. The molecule has 0 aliphatic carbocycles. The lowest BCUT2D eigenvalue weighted by Gasteiger charge is -2.34. The molecule has 3 atom stereocenters. The van der Waals surface area contributed by atoms with Crippen LogP contribution in [0.4, 0.5) is 0 Å². The Bertz CT molecular complexity index is 150. The number of aliphatic hydroxyl groups is 2. The van der Waals surface area contributed by atoms with Crippen molar-refractivity contribution in [1.29, 1.82) is 0 Å². The Morgan fingerprint density at radius 2 is 1.53 bits per heavy atom. The smallest absolute Gasteiger partial charge is 0.156 e. The van der Waals surface area contributed by atoms with E-state index in [1.54, 1.807) is 0 Å². The summed E-state index contributed by atoms with van der Waals surface area (Å²) in [5, 5.41) is 16.2. The molecule has 1 aliphatic rings. The van der Waals surface area contributed by atoms with Crippen molar-refractivity contribution in [3.63, 3.8) is 0 Å². The van der Waals surface area contributed by atoms with Crippen molar-refractivity contribution in [2.45, 2.75) is 52.0 Å². The molecule has 0 aromatic rings. The molecule has 1 heterocycles. The lowest BCUT2D eigenvalue weighted by Crippen LogP contribution is -2.41.